The lowest BCUT2D eigenvalue weighted by molar-refractivity contribution is 0.128. The first kappa shape index (κ1) is 15.1. The van der Waals surface area contributed by atoms with Crippen molar-refractivity contribution in [1.82, 2.24) is 25.2 Å². The summed E-state index contributed by atoms with van der Waals surface area (Å²) >= 11 is 6.16. The van der Waals surface area contributed by atoms with Crippen LogP contribution in [-0.2, 0) is 6.54 Å². The first-order chi connectivity index (χ1) is 10.5. The summed E-state index contributed by atoms with van der Waals surface area (Å²) in [6.07, 6.45) is 3.96. The van der Waals surface area contributed by atoms with Gasteiger partial charge in [-0.05, 0) is 25.3 Å². The zero-order chi connectivity index (χ0) is 15.7. The van der Waals surface area contributed by atoms with Crippen molar-refractivity contribution in [2.45, 2.75) is 31.8 Å². The van der Waals surface area contributed by atoms with Crippen LogP contribution >= 0.6 is 11.6 Å². The second-order valence-electron chi connectivity index (χ2n) is 5.97. The van der Waals surface area contributed by atoms with Gasteiger partial charge in [-0.15, -0.1) is 0 Å². The zero-order valence-electron chi connectivity index (χ0n) is 12.3. The van der Waals surface area contributed by atoms with Crippen molar-refractivity contribution in [3.8, 4) is 0 Å². The summed E-state index contributed by atoms with van der Waals surface area (Å²) in [5.41, 5.74) is 1.46. The van der Waals surface area contributed by atoms with E-state index in [-0.39, 0.29) is 5.54 Å². The van der Waals surface area contributed by atoms with E-state index in [2.05, 4.69) is 25.2 Å². The van der Waals surface area contributed by atoms with E-state index in [1.165, 1.54) is 6.33 Å². The predicted molar refractivity (Wildman–Crippen MR) is 83.0 cm³/mol. The highest BCUT2D eigenvalue weighted by Crippen LogP contribution is 2.27. The van der Waals surface area contributed by atoms with E-state index >= 15 is 0 Å². The van der Waals surface area contributed by atoms with E-state index in [0.29, 0.717) is 5.15 Å². The number of piperidine rings is 1. The molecule has 1 amide bonds. The minimum Gasteiger partial charge on any atom is -0.465 e. The third-order valence-electron chi connectivity index (χ3n) is 4.27. The summed E-state index contributed by atoms with van der Waals surface area (Å²) in [7, 11) is 0. The van der Waals surface area contributed by atoms with E-state index in [4.69, 9.17) is 16.7 Å². The van der Waals surface area contributed by atoms with Gasteiger partial charge in [-0.25, -0.2) is 14.8 Å². The third-order valence-corrected chi connectivity index (χ3v) is 4.55. The van der Waals surface area contributed by atoms with Gasteiger partial charge in [0.2, 0.25) is 0 Å². The summed E-state index contributed by atoms with van der Waals surface area (Å²) in [5.74, 6) is 0. The summed E-state index contributed by atoms with van der Waals surface area (Å²) in [6, 6.07) is 0. The summed E-state index contributed by atoms with van der Waals surface area (Å²) in [5, 5.41) is 12.8. The number of hydrogen-bond donors (Lipinski definition) is 3. The summed E-state index contributed by atoms with van der Waals surface area (Å²) < 4.78 is 0. The Morgan fingerprint density at radius 3 is 2.91 bits per heavy atom. The molecule has 1 fully saturated rings. The van der Waals surface area contributed by atoms with Crippen LogP contribution in [0.2, 0.25) is 5.15 Å². The lowest BCUT2D eigenvalue weighted by Crippen LogP contribution is -2.52. The number of amides is 1. The SMILES string of the molecule is CC1(NC(=O)O)CCN(Cc2c[nH]c3ncnc(Cl)c23)CC1. The maximum Gasteiger partial charge on any atom is 0.405 e. The van der Waals surface area contributed by atoms with E-state index < -0.39 is 6.09 Å². The number of nitrogens with zero attached hydrogens (tertiary/aromatic N) is 3. The van der Waals surface area contributed by atoms with Crippen molar-refractivity contribution in [2.24, 2.45) is 0 Å². The molecule has 1 aliphatic rings. The highest BCUT2D eigenvalue weighted by Gasteiger charge is 2.31. The predicted octanol–water partition coefficient (Wildman–Crippen LogP) is 2.23. The number of carboxylic acid groups (broad SMARTS) is 1. The number of hydrogen-bond acceptors (Lipinski definition) is 4. The molecule has 0 radical (unpaired) electrons. The Hall–Kier alpha value is -1.86. The second-order valence-corrected chi connectivity index (χ2v) is 6.33. The molecule has 2 aromatic rings. The van der Waals surface area contributed by atoms with Crippen LogP contribution in [0.25, 0.3) is 11.0 Å². The Morgan fingerprint density at radius 2 is 2.23 bits per heavy atom. The summed E-state index contributed by atoms with van der Waals surface area (Å²) in [4.78, 5) is 24.4. The van der Waals surface area contributed by atoms with Crippen molar-refractivity contribution in [3.05, 3.63) is 23.2 Å². The Morgan fingerprint density at radius 1 is 1.50 bits per heavy atom. The molecule has 0 saturated carbocycles. The lowest BCUT2D eigenvalue weighted by Gasteiger charge is -2.39. The Labute approximate surface area is 132 Å². The molecular weight excluding hydrogens is 306 g/mol. The fourth-order valence-electron chi connectivity index (χ4n) is 2.94. The number of aromatic amines is 1. The molecule has 3 N–H and O–H groups in total. The van der Waals surface area contributed by atoms with E-state index in [1.54, 1.807) is 0 Å². The monoisotopic (exact) mass is 323 g/mol. The normalized spacial score (nSPS) is 18.5. The topological polar surface area (TPSA) is 94.1 Å². The lowest BCUT2D eigenvalue weighted by atomic mass is 9.89. The molecule has 0 aliphatic carbocycles. The molecule has 0 spiro atoms. The quantitative estimate of drug-likeness (QED) is 0.753. The maximum atomic E-state index is 10.8. The number of carbonyl (C=O) groups is 1. The molecular formula is C14H18ClN5O2. The first-order valence-corrected chi connectivity index (χ1v) is 7.54. The van der Waals surface area contributed by atoms with Crippen LogP contribution in [0.3, 0.4) is 0 Å². The number of fused-ring (bicyclic) bond motifs is 1. The van der Waals surface area contributed by atoms with Gasteiger partial charge in [0.25, 0.3) is 0 Å². The van der Waals surface area contributed by atoms with Gasteiger partial charge in [0.15, 0.2) is 0 Å². The molecule has 0 bridgehead atoms. The standard InChI is InChI=1S/C14H18ClN5O2/c1-14(19-13(21)22)2-4-20(5-3-14)7-9-6-16-12-10(9)11(15)17-8-18-12/h6,8,19H,2-5,7H2,1H3,(H,21,22)(H,16,17,18). The van der Waals surface area contributed by atoms with Crippen molar-refractivity contribution >= 4 is 28.7 Å². The number of aromatic nitrogens is 3. The Balaban J connectivity index is 1.69. The highest BCUT2D eigenvalue weighted by atomic mass is 35.5. The fraction of sp³-hybridized carbons (Fsp3) is 0.500. The minimum absolute atomic E-state index is 0.344. The second kappa shape index (κ2) is 5.73. The Kier molecular flexibility index (Phi) is 3.92. The largest absolute Gasteiger partial charge is 0.465 e. The minimum atomic E-state index is -0.962. The average Bonchev–Trinajstić information content (AvgIpc) is 2.85. The van der Waals surface area contributed by atoms with Crippen LogP contribution in [0, 0.1) is 0 Å². The van der Waals surface area contributed by atoms with Crippen LogP contribution < -0.4 is 5.32 Å². The third kappa shape index (κ3) is 3.00. The van der Waals surface area contributed by atoms with Crippen LogP contribution in [0.5, 0.6) is 0 Å². The molecule has 22 heavy (non-hydrogen) atoms. The van der Waals surface area contributed by atoms with Crippen LogP contribution in [-0.4, -0.2) is 49.7 Å². The van der Waals surface area contributed by atoms with Gasteiger partial charge in [-0.3, -0.25) is 4.90 Å². The molecule has 0 unspecified atom stereocenters. The number of halogens is 1. The number of likely N-dealkylation sites (tertiary alicyclic amines) is 1. The number of nitrogens with one attached hydrogen (secondary N) is 2. The van der Waals surface area contributed by atoms with Gasteiger partial charge in [0.1, 0.15) is 17.1 Å². The van der Waals surface area contributed by atoms with Crippen molar-refractivity contribution in [1.29, 1.82) is 0 Å². The van der Waals surface area contributed by atoms with Gasteiger partial charge < -0.3 is 15.4 Å². The molecule has 2 aromatic heterocycles. The maximum absolute atomic E-state index is 10.8. The van der Waals surface area contributed by atoms with Crippen LogP contribution in [0.4, 0.5) is 4.79 Å². The molecule has 7 nitrogen and oxygen atoms in total. The van der Waals surface area contributed by atoms with Crippen LogP contribution in [0.1, 0.15) is 25.3 Å². The van der Waals surface area contributed by atoms with Crippen molar-refractivity contribution in [3.63, 3.8) is 0 Å². The smallest absolute Gasteiger partial charge is 0.405 e. The van der Waals surface area contributed by atoms with Gasteiger partial charge in [-0.1, -0.05) is 11.6 Å². The van der Waals surface area contributed by atoms with E-state index in [0.717, 1.165) is 49.1 Å². The van der Waals surface area contributed by atoms with Crippen LogP contribution in [0.15, 0.2) is 12.5 Å². The average molecular weight is 324 g/mol. The van der Waals surface area contributed by atoms with E-state index in [9.17, 15) is 4.79 Å². The summed E-state index contributed by atoms with van der Waals surface area (Å²) in [6.45, 7) is 4.36. The van der Waals surface area contributed by atoms with Gasteiger partial charge in [0, 0.05) is 31.4 Å². The van der Waals surface area contributed by atoms with Gasteiger partial charge in [-0.2, -0.15) is 0 Å². The first-order valence-electron chi connectivity index (χ1n) is 7.17. The molecule has 1 saturated heterocycles. The Bertz CT molecular complexity index is 694. The van der Waals surface area contributed by atoms with E-state index in [1.807, 2.05) is 13.1 Å². The van der Waals surface area contributed by atoms with Crippen molar-refractivity contribution in [2.75, 3.05) is 13.1 Å². The molecule has 8 heteroatoms. The highest BCUT2D eigenvalue weighted by molar-refractivity contribution is 6.34. The molecule has 1 aliphatic heterocycles. The molecule has 118 valence electrons. The van der Waals surface area contributed by atoms with Gasteiger partial charge in [0.05, 0.1) is 5.39 Å². The van der Waals surface area contributed by atoms with Gasteiger partial charge >= 0.3 is 6.09 Å². The molecule has 0 atom stereocenters. The van der Waals surface area contributed by atoms with Crippen molar-refractivity contribution < 1.29 is 9.90 Å². The number of rotatable bonds is 3. The molecule has 3 heterocycles. The molecule has 0 aromatic carbocycles. The molecule has 3 rings (SSSR count). The fourth-order valence-corrected chi connectivity index (χ4v) is 3.19. The zero-order valence-corrected chi connectivity index (χ0v) is 13.0. The number of H-pyrrole nitrogens is 1.